The number of ether oxygens (including phenoxy) is 1. The van der Waals surface area contributed by atoms with Crippen LogP contribution in [0.2, 0.25) is 5.02 Å². The minimum atomic E-state index is -0.532. The van der Waals surface area contributed by atoms with Crippen LogP contribution in [0.5, 0.6) is 5.75 Å². The van der Waals surface area contributed by atoms with Gasteiger partial charge in [0.1, 0.15) is 36.0 Å². The average molecular weight is 579 g/mol. The number of Topliss-reactive ketones (excluding diaryl/α,β-unsaturated/α-hetero) is 1. The van der Waals surface area contributed by atoms with Crippen molar-refractivity contribution < 1.29 is 18.7 Å². The molecule has 14 heteroatoms. The number of benzene rings is 2. The van der Waals surface area contributed by atoms with E-state index in [-0.39, 0.29) is 29.0 Å². The first-order valence-electron chi connectivity index (χ1n) is 10.9. The maximum atomic E-state index is 13.6. The lowest BCUT2D eigenvalue weighted by molar-refractivity contribution is -0.117. The van der Waals surface area contributed by atoms with Gasteiger partial charge in [-0.1, -0.05) is 34.7 Å². The van der Waals surface area contributed by atoms with Gasteiger partial charge in [-0.25, -0.2) is 19.0 Å². The number of rotatable bonds is 10. The number of aromatic nitrogens is 4. The van der Waals surface area contributed by atoms with Crippen molar-refractivity contribution in [2.45, 2.75) is 24.7 Å². The third kappa shape index (κ3) is 6.80. The van der Waals surface area contributed by atoms with Gasteiger partial charge in [-0.15, -0.1) is 0 Å². The highest BCUT2D eigenvalue weighted by atomic mass is 35.5. The maximum absolute atomic E-state index is 13.6. The van der Waals surface area contributed by atoms with E-state index in [9.17, 15) is 14.0 Å². The molecular formula is C23H20ClFN6O3S3. The summed E-state index contributed by atoms with van der Waals surface area (Å²) in [4.78, 5) is 32.8. The van der Waals surface area contributed by atoms with Crippen LogP contribution >= 0.6 is 46.9 Å². The summed E-state index contributed by atoms with van der Waals surface area (Å²) in [6.45, 7) is 3.57. The summed E-state index contributed by atoms with van der Waals surface area (Å²) >= 11 is 13.7. The van der Waals surface area contributed by atoms with Gasteiger partial charge in [-0.05, 0) is 50.3 Å². The Hall–Kier alpha value is -3.13. The van der Waals surface area contributed by atoms with Crippen LogP contribution in [0.4, 0.5) is 21.6 Å². The number of thioether (sulfide) groups is 1. The van der Waals surface area contributed by atoms with Crippen molar-refractivity contribution in [3.8, 4) is 5.75 Å². The molecule has 1 amide bonds. The summed E-state index contributed by atoms with van der Waals surface area (Å²) in [5.41, 5.74) is 1.51. The van der Waals surface area contributed by atoms with E-state index in [1.807, 2.05) is 6.92 Å². The van der Waals surface area contributed by atoms with Crippen molar-refractivity contribution in [2.75, 3.05) is 23.0 Å². The number of hydrogen-bond acceptors (Lipinski definition) is 10. The molecule has 4 aromatic rings. The average Bonchev–Trinajstić information content (AvgIpc) is 3.19. The molecule has 9 nitrogen and oxygen atoms in total. The van der Waals surface area contributed by atoms with Gasteiger partial charge in [0, 0.05) is 17.1 Å². The molecule has 0 aliphatic rings. The van der Waals surface area contributed by atoms with Gasteiger partial charge >= 0.3 is 0 Å². The van der Waals surface area contributed by atoms with Gasteiger partial charge in [-0.2, -0.15) is 5.10 Å². The van der Waals surface area contributed by atoms with Gasteiger partial charge in [-0.3, -0.25) is 9.59 Å². The molecule has 2 heterocycles. The minimum Gasteiger partial charge on any atom is -0.492 e. The Labute approximate surface area is 229 Å². The minimum absolute atomic E-state index is 0.0236. The monoisotopic (exact) mass is 578 g/mol. The fourth-order valence-electron chi connectivity index (χ4n) is 3.20. The van der Waals surface area contributed by atoms with Gasteiger partial charge in [0.2, 0.25) is 5.91 Å². The zero-order chi connectivity index (χ0) is 26.5. The molecule has 0 fully saturated rings. The highest BCUT2D eigenvalue weighted by molar-refractivity contribution is 8.01. The van der Waals surface area contributed by atoms with Crippen LogP contribution in [0.25, 0.3) is 10.9 Å². The molecular weight excluding hydrogens is 559 g/mol. The number of halogens is 2. The zero-order valence-electron chi connectivity index (χ0n) is 19.6. The molecule has 2 N–H and O–H groups in total. The Balaban J connectivity index is 1.60. The predicted octanol–water partition coefficient (Wildman–Crippen LogP) is 5.87. The molecule has 0 radical (unpaired) electrons. The van der Waals surface area contributed by atoms with Crippen molar-refractivity contribution in [1.82, 2.24) is 19.7 Å². The van der Waals surface area contributed by atoms with Crippen molar-refractivity contribution in [1.29, 1.82) is 0 Å². The maximum Gasteiger partial charge on any atom is 0.246 e. The van der Waals surface area contributed by atoms with E-state index in [2.05, 4.69) is 25.7 Å². The van der Waals surface area contributed by atoms with Crippen LogP contribution in [0, 0.1) is 9.77 Å². The Morgan fingerprint density at radius 2 is 2.08 bits per heavy atom. The van der Waals surface area contributed by atoms with E-state index in [1.54, 1.807) is 12.1 Å². The number of ketones is 1. The van der Waals surface area contributed by atoms with Crippen molar-refractivity contribution >= 4 is 86.7 Å². The molecule has 0 atom stereocenters. The van der Waals surface area contributed by atoms with Gasteiger partial charge in [0.15, 0.2) is 8.29 Å². The second kappa shape index (κ2) is 11.9. The Bertz CT molecular complexity index is 1540. The summed E-state index contributed by atoms with van der Waals surface area (Å²) in [5.74, 6) is 0.261. The lowest BCUT2D eigenvalue weighted by Gasteiger charge is -2.15. The van der Waals surface area contributed by atoms with Crippen LogP contribution in [0.1, 0.15) is 13.8 Å². The van der Waals surface area contributed by atoms with Crippen molar-refractivity contribution in [3.63, 3.8) is 0 Å². The molecule has 0 saturated carbocycles. The smallest absolute Gasteiger partial charge is 0.246 e. The molecule has 0 aliphatic heterocycles. The first-order chi connectivity index (χ1) is 17.7. The van der Waals surface area contributed by atoms with E-state index in [1.165, 1.54) is 59.2 Å². The normalized spacial score (nSPS) is 10.9. The number of hydrogen-bond donors (Lipinski definition) is 2. The molecule has 0 saturated heterocycles. The van der Waals surface area contributed by atoms with Crippen LogP contribution < -0.4 is 15.4 Å². The Morgan fingerprint density at radius 1 is 1.27 bits per heavy atom. The summed E-state index contributed by atoms with van der Waals surface area (Å²) in [6, 6.07) is 7.62. The highest BCUT2D eigenvalue weighted by Gasteiger charge is 2.16. The molecule has 37 heavy (non-hydrogen) atoms. The second-order valence-electron chi connectivity index (χ2n) is 7.61. The SMILES string of the molecule is CCOc1cc2ncnc(Nc3ccc(F)c(Cl)c3)c2cc1NC(=O)Cn1nc(SCC(C)=O)sc1=S. The fraction of sp³-hybridized carbons (Fsp3) is 0.217. The van der Waals surface area contributed by atoms with Gasteiger partial charge in [0.05, 0.1) is 28.6 Å². The number of carbonyl (C=O) groups is 2. The third-order valence-electron chi connectivity index (χ3n) is 4.77. The lowest BCUT2D eigenvalue weighted by Crippen LogP contribution is -2.20. The highest BCUT2D eigenvalue weighted by Crippen LogP contribution is 2.34. The fourth-order valence-corrected chi connectivity index (χ4v) is 5.51. The second-order valence-corrected chi connectivity index (χ2v) is 10.9. The zero-order valence-corrected chi connectivity index (χ0v) is 22.8. The number of carbonyl (C=O) groups excluding carboxylic acids is 2. The summed E-state index contributed by atoms with van der Waals surface area (Å²) < 4.78 is 21.7. The number of anilines is 3. The first-order valence-corrected chi connectivity index (χ1v) is 13.5. The standard InChI is InChI=1S/C23H20ClFN6O3S3/c1-3-34-19-8-17-14(21(27-11-26-17)28-13-4-5-16(25)15(24)6-13)7-18(19)29-20(33)9-31-23(35)37-22(30-31)36-10-12(2)32/h4-8,11H,3,9-10H2,1-2H3,(H,29,33)(H,26,27,28). The molecule has 2 aromatic heterocycles. The Kier molecular flexibility index (Phi) is 8.69. The Morgan fingerprint density at radius 3 is 2.81 bits per heavy atom. The van der Waals surface area contributed by atoms with E-state index in [4.69, 9.17) is 28.6 Å². The molecule has 0 aliphatic carbocycles. The van der Waals surface area contributed by atoms with Crippen LogP contribution in [0.15, 0.2) is 41.0 Å². The predicted molar refractivity (Wildman–Crippen MR) is 146 cm³/mol. The van der Waals surface area contributed by atoms with E-state index in [0.29, 0.717) is 48.7 Å². The van der Waals surface area contributed by atoms with Crippen molar-refractivity contribution in [2.24, 2.45) is 0 Å². The molecule has 4 rings (SSSR count). The van der Waals surface area contributed by atoms with Gasteiger partial charge in [0.25, 0.3) is 0 Å². The van der Waals surface area contributed by atoms with E-state index < -0.39 is 5.82 Å². The summed E-state index contributed by atoms with van der Waals surface area (Å²) in [7, 11) is 0. The number of nitrogens with one attached hydrogen (secondary N) is 2. The quantitative estimate of drug-likeness (QED) is 0.176. The largest absolute Gasteiger partial charge is 0.492 e. The number of amides is 1. The van der Waals surface area contributed by atoms with Crippen LogP contribution in [0.3, 0.4) is 0 Å². The van der Waals surface area contributed by atoms with Crippen LogP contribution in [-0.2, 0) is 16.1 Å². The molecule has 2 aromatic carbocycles. The lowest BCUT2D eigenvalue weighted by atomic mass is 10.1. The number of nitrogens with zero attached hydrogens (tertiary/aromatic N) is 4. The third-order valence-corrected chi connectivity index (χ3v) is 7.65. The molecule has 192 valence electrons. The van der Waals surface area contributed by atoms with Crippen molar-refractivity contribution in [3.05, 3.63) is 51.5 Å². The summed E-state index contributed by atoms with van der Waals surface area (Å²) in [5, 5.41) is 10.8. The molecule has 0 unspecified atom stereocenters. The first kappa shape index (κ1) is 26.9. The molecule has 0 spiro atoms. The van der Waals surface area contributed by atoms with E-state index in [0.717, 1.165) is 0 Å². The topological polar surface area (TPSA) is 111 Å². The van der Waals surface area contributed by atoms with E-state index >= 15 is 0 Å². The molecule has 0 bridgehead atoms. The summed E-state index contributed by atoms with van der Waals surface area (Å²) in [6.07, 6.45) is 1.38. The van der Waals surface area contributed by atoms with Gasteiger partial charge < -0.3 is 15.4 Å². The van der Waals surface area contributed by atoms with Crippen LogP contribution in [-0.4, -0.2) is 43.8 Å². The number of fused-ring (bicyclic) bond motifs is 1.